The van der Waals surface area contributed by atoms with Crippen molar-refractivity contribution in [2.24, 2.45) is 5.73 Å². The molecule has 0 radical (unpaired) electrons. The normalized spacial score (nSPS) is 26.8. The third-order valence-corrected chi connectivity index (χ3v) is 4.31. The number of hydrogen-bond donors (Lipinski definition) is 4. The molecule has 11 nitrogen and oxygen atoms in total. The van der Waals surface area contributed by atoms with Gasteiger partial charge in [-0.15, -0.1) is 0 Å². The molecule has 0 aliphatic carbocycles. The first-order valence-corrected chi connectivity index (χ1v) is 8.20. The van der Waals surface area contributed by atoms with E-state index in [1.54, 1.807) is 9.47 Å². The highest BCUT2D eigenvalue weighted by Crippen LogP contribution is 2.32. The number of carbonyl (C=O) groups is 1. The molecule has 0 bridgehead atoms. The summed E-state index contributed by atoms with van der Waals surface area (Å²) in [5, 5.41) is 22.9. The van der Waals surface area contributed by atoms with E-state index in [9.17, 15) is 15.0 Å². The molecule has 5 N–H and O–H groups in total. The van der Waals surface area contributed by atoms with Crippen LogP contribution in [0.2, 0.25) is 0 Å². The topological polar surface area (TPSA) is 152 Å². The second-order valence-electron chi connectivity index (χ2n) is 6.48. The van der Waals surface area contributed by atoms with E-state index < -0.39 is 36.4 Å². The van der Waals surface area contributed by atoms with Crippen LogP contribution in [0.25, 0.3) is 11.2 Å². The SMILES string of the molecule is C[C@@H](N)C(=O)N[C@H]1[C@@H](O)[C@H](n2cnc3c(N(C)C)ncnc32)O[C@@H]1CO. The number of nitrogens with two attached hydrogens (primary N) is 1. The minimum atomic E-state index is -1.12. The fourth-order valence-electron chi connectivity index (χ4n) is 2.96. The van der Waals surface area contributed by atoms with E-state index in [1.807, 2.05) is 14.1 Å². The number of aliphatic hydroxyl groups is 2. The number of nitrogens with zero attached hydrogens (tertiary/aromatic N) is 5. The summed E-state index contributed by atoms with van der Waals surface area (Å²) < 4.78 is 7.33. The molecular weight excluding hydrogens is 342 g/mol. The molecule has 5 atom stereocenters. The number of nitrogens with one attached hydrogen (secondary N) is 1. The van der Waals surface area contributed by atoms with Crippen LogP contribution in [0.15, 0.2) is 12.7 Å². The van der Waals surface area contributed by atoms with E-state index in [1.165, 1.54) is 19.6 Å². The number of rotatable bonds is 5. The van der Waals surface area contributed by atoms with Crippen molar-refractivity contribution < 1.29 is 19.7 Å². The number of aliphatic hydroxyl groups excluding tert-OH is 2. The molecule has 1 saturated heterocycles. The Morgan fingerprint density at radius 2 is 2.19 bits per heavy atom. The first-order valence-electron chi connectivity index (χ1n) is 8.20. The zero-order valence-corrected chi connectivity index (χ0v) is 14.8. The highest BCUT2D eigenvalue weighted by molar-refractivity contribution is 5.83. The van der Waals surface area contributed by atoms with Crippen molar-refractivity contribution in [1.29, 1.82) is 0 Å². The van der Waals surface area contributed by atoms with Crippen LogP contribution in [0.5, 0.6) is 0 Å². The van der Waals surface area contributed by atoms with Gasteiger partial charge >= 0.3 is 0 Å². The second kappa shape index (κ2) is 7.11. The summed E-state index contributed by atoms with van der Waals surface area (Å²) in [6.45, 7) is 1.16. The Kier molecular flexibility index (Phi) is 5.05. The lowest BCUT2D eigenvalue weighted by molar-refractivity contribution is -0.123. The Hall–Kier alpha value is -2.34. The van der Waals surface area contributed by atoms with Gasteiger partial charge in [-0.2, -0.15) is 0 Å². The van der Waals surface area contributed by atoms with Crippen LogP contribution in [-0.2, 0) is 9.53 Å². The quantitative estimate of drug-likeness (QED) is 0.470. The third kappa shape index (κ3) is 3.09. The van der Waals surface area contributed by atoms with Crippen molar-refractivity contribution in [2.75, 3.05) is 25.6 Å². The molecule has 1 amide bonds. The molecule has 0 unspecified atom stereocenters. The number of hydrogen-bond acceptors (Lipinski definition) is 9. The number of fused-ring (bicyclic) bond motifs is 1. The minimum absolute atomic E-state index is 0.373. The van der Waals surface area contributed by atoms with Crippen molar-refractivity contribution in [3.8, 4) is 0 Å². The first kappa shape index (κ1) is 18.5. The van der Waals surface area contributed by atoms with Crippen LogP contribution >= 0.6 is 0 Å². The van der Waals surface area contributed by atoms with Crippen LogP contribution in [0.4, 0.5) is 5.82 Å². The number of anilines is 1. The van der Waals surface area contributed by atoms with Gasteiger partial charge in [0, 0.05) is 14.1 Å². The smallest absolute Gasteiger partial charge is 0.237 e. The maximum atomic E-state index is 11.9. The summed E-state index contributed by atoms with van der Waals surface area (Å²) in [6.07, 6.45) is 0.108. The summed E-state index contributed by atoms with van der Waals surface area (Å²) in [6, 6.07) is -1.55. The first-order chi connectivity index (χ1) is 12.3. The van der Waals surface area contributed by atoms with Gasteiger partial charge in [0.15, 0.2) is 23.2 Å². The summed E-state index contributed by atoms with van der Waals surface area (Å²) in [5.74, 6) is 0.186. The number of carbonyl (C=O) groups excluding carboxylic acids is 1. The molecule has 1 fully saturated rings. The molecule has 0 spiro atoms. The van der Waals surface area contributed by atoms with Crippen LogP contribution in [-0.4, -0.2) is 80.6 Å². The summed E-state index contributed by atoms with van der Waals surface area (Å²) in [7, 11) is 3.67. The van der Waals surface area contributed by atoms with Crippen LogP contribution in [0.3, 0.4) is 0 Å². The second-order valence-corrected chi connectivity index (χ2v) is 6.48. The molecule has 2 aromatic heterocycles. The van der Waals surface area contributed by atoms with Gasteiger partial charge in [-0.25, -0.2) is 15.0 Å². The Labute approximate surface area is 149 Å². The van der Waals surface area contributed by atoms with Crippen molar-refractivity contribution in [2.45, 2.75) is 37.4 Å². The monoisotopic (exact) mass is 365 g/mol. The summed E-state index contributed by atoms with van der Waals surface area (Å²) in [4.78, 5) is 26.4. The van der Waals surface area contributed by atoms with E-state index in [0.29, 0.717) is 17.0 Å². The Morgan fingerprint density at radius 1 is 1.46 bits per heavy atom. The lowest BCUT2D eigenvalue weighted by Crippen LogP contribution is -2.52. The highest BCUT2D eigenvalue weighted by atomic mass is 16.5. The molecule has 2 aromatic rings. The molecule has 11 heteroatoms. The lowest BCUT2D eigenvalue weighted by Gasteiger charge is -2.21. The third-order valence-electron chi connectivity index (χ3n) is 4.31. The number of amides is 1. The van der Waals surface area contributed by atoms with Crippen molar-refractivity contribution in [3.05, 3.63) is 12.7 Å². The minimum Gasteiger partial charge on any atom is -0.394 e. The number of ether oxygens (including phenoxy) is 1. The number of imidazole rings is 1. The maximum Gasteiger partial charge on any atom is 0.237 e. The lowest BCUT2D eigenvalue weighted by atomic mass is 10.1. The standard InChI is InChI=1S/C15H23N7O4/c1-7(16)14(25)20-9-8(4-23)26-15(11(9)24)22-6-19-10-12(21(2)3)17-5-18-13(10)22/h5-9,11,15,23-24H,4,16H2,1-3H3,(H,20,25)/t7-,8-,9-,11-,15-/m1/s1. The molecule has 1 aliphatic rings. The van der Waals surface area contributed by atoms with Gasteiger partial charge in [0.25, 0.3) is 0 Å². The number of aromatic nitrogens is 4. The molecule has 142 valence electrons. The largest absolute Gasteiger partial charge is 0.394 e. The molecule has 0 aromatic carbocycles. The predicted molar refractivity (Wildman–Crippen MR) is 92.2 cm³/mol. The molecule has 1 aliphatic heterocycles. The molecule has 3 rings (SSSR count). The fraction of sp³-hybridized carbons (Fsp3) is 0.600. The fourth-order valence-corrected chi connectivity index (χ4v) is 2.96. The van der Waals surface area contributed by atoms with Crippen molar-refractivity contribution in [1.82, 2.24) is 24.8 Å². The average Bonchev–Trinajstić information content (AvgIpc) is 3.16. The van der Waals surface area contributed by atoms with Crippen molar-refractivity contribution >= 4 is 22.9 Å². The van der Waals surface area contributed by atoms with E-state index in [-0.39, 0.29) is 6.61 Å². The molecule has 26 heavy (non-hydrogen) atoms. The van der Waals surface area contributed by atoms with Gasteiger partial charge in [0.05, 0.1) is 25.0 Å². The predicted octanol–water partition coefficient (Wildman–Crippen LogP) is -2.03. The highest BCUT2D eigenvalue weighted by Gasteiger charge is 2.46. The van der Waals surface area contributed by atoms with Gasteiger partial charge < -0.3 is 30.9 Å². The van der Waals surface area contributed by atoms with E-state index >= 15 is 0 Å². The van der Waals surface area contributed by atoms with Crippen molar-refractivity contribution in [3.63, 3.8) is 0 Å². The van der Waals surface area contributed by atoms with E-state index in [2.05, 4.69) is 20.3 Å². The Balaban J connectivity index is 1.94. The van der Waals surface area contributed by atoms with E-state index in [4.69, 9.17) is 10.5 Å². The van der Waals surface area contributed by atoms with Crippen LogP contribution in [0, 0.1) is 0 Å². The molecular formula is C15H23N7O4. The van der Waals surface area contributed by atoms with Gasteiger partial charge in [-0.1, -0.05) is 0 Å². The van der Waals surface area contributed by atoms with Crippen LogP contribution < -0.4 is 16.0 Å². The van der Waals surface area contributed by atoms with Gasteiger partial charge in [-0.05, 0) is 6.92 Å². The van der Waals surface area contributed by atoms with E-state index in [0.717, 1.165) is 0 Å². The van der Waals surface area contributed by atoms with Gasteiger partial charge in [0.2, 0.25) is 5.91 Å². The molecule has 0 saturated carbocycles. The zero-order valence-electron chi connectivity index (χ0n) is 14.8. The summed E-state index contributed by atoms with van der Waals surface area (Å²) >= 11 is 0. The maximum absolute atomic E-state index is 11.9. The molecule has 3 heterocycles. The van der Waals surface area contributed by atoms with Crippen LogP contribution in [0.1, 0.15) is 13.2 Å². The Morgan fingerprint density at radius 3 is 2.81 bits per heavy atom. The van der Waals surface area contributed by atoms with Gasteiger partial charge in [-0.3, -0.25) is 9.36 Å². The Bertz CT molecular complexity index is 793. The zero-order chi connectivity index (χ0) is 19.0. The average molecular weight is 365 g/mol. The summed E-state index contributed by atoms with van der Waals surface area (Å²) in [5.41, 5.74) is 6.59. The van der Waals surface area contributed by atoms with Gasteiger partial charge in [0.1, 0.15) is 18.5 Å².